The van der Waals surface area contributed by atoms with Crippen LogP contribution in [0.4, 0.5) is 0 Å². The molecule has 0 radical (unpaired) electrons. The van der Waals surface area contributed by atoms with Crippen LogP contribution in [0.5, 0.6) is 0 Å². The van der Waals surface area contributed by atoms with Gasteiger partial charge in [-0.1, -0.05) is 43.7 Å². The number of rotatable bonds is 6. The average Bonchev–Trinajstić information content (AvgIpc) is 2.74. The molecule has 1 heterocycles. The molecule has 1 atom stereocenters. The van der Waals surface area contributed by atoms with Gasteiger partial charge in [0.05, 0.1) is 5.69 Å². The van der Waals surface area contributed by atoms with E-state index in [4.69, 9.17) is 4.98 Å². The lowest BCUT2D eigenvalue weighted by Gasteiger charge is -2.31. The van der Waals surface area contributed by atoms with Gasteiger partial charge in [-0.15, -0.1) is 0 Å². The van der Waals surface area contributed by atoms with Crippen molar-refractivity contribution in [3.05, 3.63) is 64.0 Å². The number of ketones is 1. The molecule has 4 rings (SSSR count). The summed E-state index contributed by atoms with van der Waals surface area (Å²) in [4.78, 5) is 20.7. The van der Waals surface area contributed by atoms with Crippen molar-refractivity contribution in [1.29, 1.82) is 0 Å². The third-order valence-corrected chi connectivity index (χ3v) is 6.55. The van der Waals surface area contributed by atoms with E-state index in [-0.39, 0.29) is 11.7 Å². The molecule has 1 aromatic carbocycles. The van der Waals surface area contributed by atoms with Gasteiger partial charge < -0.3 is 4.90 Å². The lowest BCUT2D eigenvalue weighted by molar-refractivity contribution is 0.0871. The first-order valence-corrected chi connectivity index (χ1v) is 11.6. The standard InChI is InChI=1S/C27H34N2O/c1-4-5-13-22-23-14-9-12-20(17-19-10-7-6-8-11-19)25(23)28-26-24(22)16-15-21(27(26)30)18-29(2)3/h6-8,10-11,17,21H,4-5,9,12-16,18H2,1-3H3/b20-17-. The van der Waals surface area contributed by atoms with Crippen molar-refractivity contribution in [2.24, 2.45) is 5.92 Å². The summed E-state index contributed by atoms with van der Waals surface area (Å²) in [6.07, 6.45) is 11.0. The SMILES string of the molecule is CCCCc1c2c(nc3c1CCC/C3=C/c1ccccc1)C(=O)C(CN(C)C)CC2. The Hall–Kier alpha value is -2.26. The lowest BCUT2D eigenvalue weighted by atomic mass is 9.77. The summed E-state index contributed by atoms with van der Waals surface area (Å²) in [7, 11) is 4.10. The number of allylic oxidation sites excluding steroid dienone is 1. The van der Waals surface area contributed by atoms with Crippen LogP contribution in [0, 0.1) is 5.92 Å². The fourth-order valence-electron chi connectivity index (χ4n) is 5.10. The predicted octanol–water partition coefficient (Wildman–Crippen LogP) is 5.61. The van der Waals surface area contributed by atoms with Crippen molar-refractivity contribution in [2.45, 2.75) is 58.3 Å². The van der Waals surface area contributed by atoms with Gasteiger partial charge in [0, 0.05) is 12.5 Å². The highest BCUT2D eigenvalue weighted by molar-refractivity contribution is 6.00. The molecule has 3 heteroatoms. The molecule has 0 aliphatic heterocycles. The van der Waals surface area contributed by atoms with Gasteiger partial charge in [-0.25, -0.2) is 4.98 Å². The van der Waals surface area contributed by atoms with Crippen molar-refractivity contribution >= 4 is 17.4 Å². The number of aromatic nitrogens is 1. The van der Waals surface area contributed by atoms with Crippen LogP contribution in [-0.2, 0) is 19.3 Å². The fraction of sp³-hybridized carbons (Fsp3) is 0.481. The predicted molar refractivity (Wildman–Crippen MR) is 125 cm³/mol. The molecule has 158 valence electrons. The Balaban J connectivity index is 1.83. The zero-order valence-corrected chi connectivity index (χ0v) is 18.7. The van der Waals surface area contributed by atoms with Gasteiger partial charge in [-0.05, 0) is 92.9 Å². The number of carbonyl (C=O) groups excluding carboxylic acids is 1. The highest BCUT2D eigenvalue weighted by Crippen LogP contribution is 2.38. The van der Waals surface area contributed by atoms with Crippen LogP contribution in [0.2, 0.25) is 0 Å². The van der Waals surface area contributed by atoms with E-state index in [2.05, 4.69) is 62.3 Å². The normalized spacial score (nSPS) is 19.8. The van der Waals surface area contributed by atoms with Gasteiger partial charge in [0.25, 0.3) is 0 Å². The van der Waals surface area contributed by atoms with Crippen molar-refractivity contribution in [1.82, 2.24) is 9.88 Å². The Labute approximate surface area is 181 Å². The summed E-state index contributed by atoms with van der Waals surface area (Å²) < 4.78 is 0. The summed E-state index contributed by atoms with van der Waals surface area (Å²) in [5.41, 5.74) is 8.54. The van der Waals surface area contributed by atoms with Gasteiger partial charge in [-0.2, -0.15) is 0 Å². The van der Waals surface area contributed by atoms with Crippen LogP contribution in [0.25, 0.3) is 11.6 Å². The van der Waals surface area contributed by atoms with Gasteiger partial charge >= 0.3 is 0 Å². The number of pyridine rings is 1. The molecule has 0 fully saturated rings. The van der Waals surface area contributed by atoms with E-state index < -0.39 is 0 Å². The number of nitrogens with zero attached hydrogens (tertiary/aromatic N) is 2. The molecule has 0 saturated carbocycles. The molecule has 0 N–H and O–H groups in total. The van der Waals surface area contributed by atoms with Crippen molar-refractivity contribution in [3.8, 4) is 0 Å². The molecule has 3 nitrogen and oxygen atoms in total. The molecule has 1 unspecified atom stereocenters. The smallest absolute Gasteiger partial charge is 0.185 e. The number of carbonyl (C=O) groups is 1. The van der Waals surface area contributed by atoms with Crippen molar-refractivity contribution < 1.29 is 4.79 Å². The number of Topliss-reactive ketones (excluding diaryl/α,β-unsaturated/α-hetero) is 1. The largest absolute Gasteiger partial charge is 0.309 e. The Bertz CT molecular complexity index is 943. The maximum atomic E-state index is 13.4. The second kappa shape index (κ2) is 9.26. The van der Waals surface area contributed by atoms with E-state index >= 15 is 0 Å². The van der Waals surface area contributed by atoms with E-state index in [1.807, 2.05) is 0 Å². The molecule has 1 aromatic heterocycles. The van der Waals surface area contributed by atoms with Crippen LogP contribution >= 0.6 is 0 Å². The van der Waals surface area contributed by atoms with Crippen LogP contribution in [0.15, 0.2) is 30.3 Å². The van der Waals surface area contributed by atoms with E-state index in [9.17, 15) is 4.79 Å². The molecule has 0 saturated heterocycles. The number of hydrogen-bond donors (Lipinski definition) is 0. The van der Waals surface area contributed by atoms with E-state index in [0.717, 1.165) is 50.0 Å². The average molecular weight is 403 g/mol. The van der Waals surface area contributed by atoms with Gasteiger partial charge in [0.15, 0.2) is 5.78 Å². The molecule has 0 amide bonds. The fourth-order valence-corrected chi connectivity index (χ4v) is 5.10. The van der Waals surface area contributed by atoms with Crippen LogP contribution in [0.3, 0.4) is 0 Å². The number of unbranched alkanes of at least 4 members (excludes halogenated alkanes) is 1. The van der Waals surface area contributed by atoms with E-state index in [1.165, 1.54) is 47.1 Å². The minimum atomic E-state index is 0.0715. The second-order valence-corrected chi connectivity index (χ2v) is 9.14. The molecule has 2 aliphatic rings. The zero-order chi connectivity index (χ0) is 21.1. The first-order valence-electron chi connectivity index (χ1n) is 11.6. The van der Waals surface area contributed by atoms with E-state index in [1.54, 1.807) is 0 Å². The maximum absolute atomic E-state index is 13.4. The molecule has 2 aromatic rings. The third kappa shape index (κ3) is 4.27. The van der Waals surface area contributed by atoms with Crippen LogP contribution in [0.1, 0.15) is 77.5 Å². The summed E-state index contributed by atoms with van der Waals surface area (Å²) in [6, 6.07) is 10.5. The minimum absolute atomic E-state index is 0.0715. The Kier molecular flexibility index (Phi) is 6.48. The maximum Gasteiger partial charge on any atom is 0.185 e. The Morgan fingerprint density at radius 2 is 1.83 bits per heavy atom. The molecular formula is C27H34N2O. The Morgan fingerprint density at radius 3 is 2.57 bits per heavy atom. The molecule has 30 heavy (non-hydrogen) atoms. The third-order valence-electron chi connectivity index (χ3n) is 6.55. The number of hydrogen-bond acceptors (Lipinski definition) is 3. The summed E-state index contributed by atoms with van der Waals surface area (Å²) in [6.45, 7) is 3.06. The summed E-state index contributed by atoms with van der Waals surface area (Å²) in [5, 5.41) is 0. The first kappa shape index (κ1) is 21.0. The van der Waals surface area contributed by atoms with Crippen LogP contribution in [-0.4, -0.2) is 36.3 Å². The lowest BCUT2D eigenvalue weighted by Crippen LogP contribution is -2.34. The second-order valence-electron chi connectivity index (χ2n) is 9.14. The van der Waals surface area contributed by atoms with Crippen LogP contribution < -0.4 is 0 Å². The van der Waals surface area contributed by atoms with Gasteiger partial charge in [-0.3, -0.25) is 4.79 Å². The highest BCUT2D eigenvalue weighted by Gasteiger charge is 2.33. The number of benzene rings is 1. The van der Waals surface area contributed by atoms with Crippen molar-refractivity contribution in [2.75, 3.05) is 20.6 Å². The first-order chi connectivity index (χ1) is 14.6. The van der Waals surface area contributed by atoms with Gasteiger partial charge in [0.1, 0.15) is 5.69 Å². The summed E-state index contributed by atoms with van der Waals surface area (Å²) >= 11 is 0. The molecule has 2 aliphatic carbocycles. The summed E-state index contributed by atoms with van der Waals surface area (Å²) in [5.74, 6) is 0.331. The van der Waals surface area contributed by atoms with Crippen molar-refractivity contribution in [3.63, 3.8) is 0 Å². The molecule has 0 bridgehead atoms. The Morgan fingerprint density at radius 1 is 1.07 bits per heavy atom. The molecule has 0 spiro atoms. The number of fused-ring (bicyclic) bond motifs is 2. The van der Waals surface area contributed by atoms with E-state index in [0.29, 0.717) is 0 Å². The quantitative estimate of drug-likeness (QED) is 0.630. The minimum Gasteiger partial charge on any atom is -0.309 e. The van der Waals surface area contributed by atoms with Gasteiger partial charge in [0.2, 0.25) is 0 Å². The highest BCUT2D eigenvalue weighted by atomic mass is 16.1. The topological polar surface area (TPSA) is 33.2 Å². The monoisotopic (exact) mass is 402 g/mol. The molecular weight excluding hydrogens is 368 g/mol. The zero-order valence-electron chi connectivity index (χ0n) is 18.7.